The lowest BCUT2D eigenvalue weighted by Crippen LogP contribution is -2.13. The fourth-order valence-corrected chi connectivity index (χ4v) is 10.3. The highest BCUT2D eigenvalue weighted by atomic mass is 16.3. The van der Waals surface area contributed by atoms with Gasteiger partial charge in [-0.15, -0.1) is 0 Å². The van der Waals surface area contributed by atoms with Crippen molar-refractivity contribution < 1.29 is 40.9 Å². The van der Waals surface area contributed by atoms with Gasteiger partial charge in [0.25, 0.3) is 0 Å². The Bertz CT molecular complexity index is 2550. The third kappa shape index (κ3) is 9.67. The molecule has 9 rings (SSSR count). The first kappa shape index (κ1) is 45.3. The van der Waals surface area contributed by atoms with Gasteiger partial charge < -0.3 is 40.9 Å². The van der Waals surface area contributed by atoms with E-state index in [1.807, 2.05) is 121 Å². The van der Waals surface area contributed by atoms with E-state index in [0.29, 0.717) is 118 Å². The van der Waals surface area contributed by atoms with E-state index in [2.05, 4.69) is 0 Å². The second-order valence-electron chi connectivity index (χ2n) is 18.1. The van der Waals surface area contributed by atoms with Gasteiger partial charge in [-0.3, -0.25) is 0 Å². The van der Waals surface area contributed by atoms with Crippen molar-refractivity contribution in [2.75, 3.05) is 0 Å². The SMILES string of the molecule is Oc1cc(O)c2c(CCc3ccccc3)c1Cc1c(O)cc(O)c(c1CCc1ccccc1)Cc1c(O)cc(O)c(c1CCc1ccccc1)Cc1c(O)cc(O)c(c1CCc1ccccc1)C2. The van der Waals surface area contributed by atoms with Crippen LogP contribution < -0.4 is 0 Å². The molecule has 0 amide bonds. The van der Waals surface area contributed by atoms with Crippen LogP contribution in [-0.4, -0.2) is 40.9 Å². The van der Waals surface area contributed by atoms with Crippen molar-refractivity contribution in [1.82, 2.24) is 0 Å². The highest BCUT2D eigenvalue weighted by molar-refractivity contribution is 5.65. The second kappa shape index (κ2) is 19.9. The number of fused-ring (bicyclic) bond motifs is 8. The Kier molecular flexibility index (Phi) is 13.3. The van der Waals surface area contributed by atoms with Gasteiger partial charge in [0.2, 0.25) is 0 Å². The number of hydrogen-bond acceptors (Lipinski definition) is 8. The Labute approximate surface area is 397 Å². The fraction of sp³-hybridized carbons (Fsp3) is 0.200. The Morgan fingerprint density at radius 1 is 0.221 bits per heavy atom. The van der Waals surface area contributed by atoms with Crippen LogP contribution in [0.4, 0.5) is 0 Å². The molecule has 8 nitrogen and oxygen atoms in total. The van der Waals surface area contributed by atoms with Crippen molar-refractivity contribution in [1.29, 1.82) is 0 Å². The van der Waals surface area contributed by atoms with Crippen LogP contribution in [0.2, 0.25) is 0 Å². The lowest BCUT2D eigenvalue weighted by Gasteiger charge is -2.26. The summed E-state index contributed by atoms with van der Waals surface area (Å²) < 4.78 is 0. The molecule has 344 valence electrons. The summed E-state index contributed by atoms with van der Waals surface area (Å²) in [6.45, 7) is 0. The zero-order chi connectivity index (χ0) is 47.3. The predicted octanol–water partition coefficient (Wildman–Crippen LogP) is 11.1. The summed E-state index contributed by atoms with van der Waals surface area (Å²) in [7, 11) is 0. The fourth-order valence-electron chi connectivity index (χ4n) is 10.3. The van der Waals surface area contributed by atoms with Crippen molar-refractivity contribution in [3.8, 4) is 46.0 Å². The first-order valence-corrected chi connectivity index (χ1v) is 23.4. The summed E-state index contributed by atoms with van der Waals surface area (Å²) in [5.74, 6) is -1.32. The number of phenols is 8. The summed E-state index contributed by atoms with van der Waals surface area (Å²) in [6, 6.07) is 44.9. The number of phenolic OH excluding ortho intramolecular Hbond substituents is 8. The molecule has 0 fully saturated rings. The summed E-state index contributed by atoms with van der Waals surface area (Å²) in [4.78, 5) is 0. The van der Waals surface area contributed by atoms with Crippen LogP contribution in [0.1, 0.15) is 89.0 Å². The van der Waals surface area contributed by atoms with Gasteiger partial charge in [0.1, 0.15) is 46.0 Å². The van der Waals surface area contributed by atoms with Gasteiger partial charge in [-0.05, 0) is 95.9 Å². The topological polar surface area (TPSA) is 162 Å². The molecule has 0 radical (unpaired) electrons. The second-order valence-corrected chi connectivity index (χ2v) is 18.1. The van der Waals surface area contributed by atoms with Crippen molar-refractivity contribution in [2.45, 2.75) is 77.0 Å². The minimum Gasteiger partial charge on any atom is -0.508 e. The van der Waals surface area contributed by atoms with E-state index in [1.165, 1.54) is 24.3 Å². The van der Waals surface area contributed by atoms with Gasteiger partial charge >= 0.3 is 0 Å². The van der Waals surface area contributed by atoms with E-state index in [-0.39, 0.29) is 71.7 Å². The molecule has 0 saturated heterocycles. The van der Waals surface area contributed by atoms with Crippen molar-refractivity contribution in [2.24, 2.45) is 0 Å². The summed E-state index contributed by atoms with van der Waals surface area (Å²) in [5.41, 5.74) is 10.6. The van der Waals surface area contributed by atoms with Crippen LogP contribution in [-0.2, 0) is 77.0 Å². The van der Waals surface area contributed by atoms with Crippen LogP contribution in [0.25, 0.3) is 0 Å². The molecule has 8 N–H and O–H groups in total. The first-order chi connectivity index (χ1) is 33.0. The Hall–Kier alpha value is -7.84. The van der Waals surface area contributed by atoms with Crippen LogP contribution >= 0.6 is 0 Å². The summed E-state index contributed by atoms with van der Waals surface area (Å²) >= 11 is 0. The molecule has 1 aliphatic carbocycles. The van der Waals surface area contributed by atoms with Crippen molar-refractivity contribution >= 4 is 0 Å². The molecule has 8 aromatic rings. The first-order valence-electron chi connectivity index (χ1n) is 23.4. The van der Waals surface area contributed by atoms with Crippen LogP contribution in [0, 0.1) is 0 Å². The quantitative estimate of drug-likeness (QED) is 0.0601. The van der Waals surface area contributed by atoms with Gasteiger partial charge in [0, 0.05) is 94.5 Å². The summed E-state index contributed by atoms with van der Waals surface area (Å²) in [5, 5.41) is 96.0. The lowest BCUT2D eigenvalue weighted by molar-refractivity contribution is 0.433. The van der Waals surface area contributed by atoms with Gasteiger partial charge in [-0.2, -0.15) is 0 Å². The van der Waals surface area contributed by atoms with E-state index in [1.54, 1.807) is 0 Å². The van der Waals surface area contributed by atoms with Crippen LogP contribution in [0.15, 0.2) is 146 Å². The number of aryl methyl sites for hydroxylation is 4. The molecule has 8 heteroatoms. The van der Waals surface area contributed by atoms with Crippen LogP contribution in [0.3, 0.4) is 0 Å². The molecule has 68 heavy (non-hydrogen) atoms. The molecule has 8 bridgehead atoms. The normalized spacial score (nSPS) is 12.2. The Morgan fingerprint density at radius 3 is 0.544 bits per heavy atom. The lowest BCUT2D eigenvalue weighted by atomic mass is 9.80. The molecular formula is C60H56O8. The maximum atomic E-state index is 12.0. The molecule has 0 aromatic heterocycles. The van der Waals surface area contributed by atoms with Crippen molar-refractivity contribution in [3.05, 3.63) is 235 Å². The highest BCUT2D eigenvalue weighted by Crippen LogP contribution is 2.46. The third-order valence-corrected chi connectivity index (χ3v) is 13.9. The third-order valence-electron chi connectivity index (χ3n) is 13.9. The van der Waals surface area contributed by atoms with Crippen LogP contribution in [0.5, 0.6) is 46.0 Å². The summed E-state index contributed by atoms with van der Waals surface area (Å²) in [6.07, 6.45) is 3.78. The van der Waals surface area contributed by atoms with Gasteiger partial charge in [0.15, 0.2) is 0 Å². The average molecular weight is 905 g/mol. The predicted molar refractivity (Wildman–Crippen MR) is 266 cm³/mol. The molecule has 0 heterocycles. The standard InChI is InChI=1S/C60H56O8/c61-53-33-54(62)46-30-48-43(27-23-39-17-9-3-10-18-39)50(58(66)35-56(48)64)32-52-44(28-24-40-19-11-4-12-20-40)51(59(67)36-60(52)68)31-49-42(26-22-38-15-7-2-8-16-38)47(55(63)34-57(49)65)29-45(53)41(46)25-21-37-13-5-1-6-14-37/h1-20,33-36,61-68H,21-32H2. The van der Waals surface area contributed by atoms with Crippen molar-refractivity contribution in [3.63, 3.8) is 0 Å². The minimum absolute atomic E-state index is 0.0216. The molecule has 0 spiro atoms. The molecule has 0 atom stereocenters. The average Bonchev–Trinajstić information content (AvgIpc) is 3.33. The minimum atomic E-state index is -0.164. The smallest absolute Gasteiger partial charge is 0.123 e. The molecule has 0 unspecified atom stereocenters. The molecule has 8 aromatic carbocycles. The van der Waals surface area contributed by atoms with Gasteiger partial charge in [-0.1, -0.05) is 121 Å². The number of hydrogen-bond donors (Lipinski definition) is 8. The van der Waals surface area contributed by atoms with E-state index >= 15 is 0 Å². The molecular weight excluding hydrogens is 849 g/mol. The number of aromatic hydroxyl groups is 8. The Balaban J connectivity index is 1.32. The molecule has 1 aliphatic rings. The maximum absolute atomic E-state index is 12.0. The molecule has 0 saturated carbocycles. The molecule has 0 aliphatic heterocycles. The Morgan fingerprint density at radius 2 is 0.382 bits per heavy atom. The number of rotatable bonds is 12. The van der Waals surface area contributed by atoms with Gasteiger partial charge in [-0.25, -0.2) is 0 Å². The number of benzene rings is 8. The zero-order valence-electron chi connectivity index (χ0n) is 37.9. The van der Waals surface area contributed by atoms with E-state index < -0.39 is 0 Å². The van der Waals surface area contributed by atoms with E-state index in [9.17, 15) is 40.9 Å². The highest BCUT2D eigenvalue weighted by Gasteiger charge is 2.29. The van der Waals surface area contributed by atoms with E-state index in [4.69, 9.17) is 0 Å². The largest absolute Gasteiger partial charge is 0.508 e. The monoisotopic (exact) mass is 904 g/mol. The maximum Gasteiger partial charge on any atom is 0.123 e. The van der Waals surface area contributed by atoms with Gasteiger partial charge in [0.05, 0.1) is 0 Å². The van der Waals surface area contributed by atoms with E-state index in [0.717, 1.165) is 22.3 Å². The zero-order valence-corrected chi connectivity index (χ0v) is 37.9.